The van der Waals surface area contributed by atoms with Gasteiger partial charge in [0.05, 0.1) is 34.2 Å². The molecule has 0 fully saturated rings. The summed E-state index contributed by atoms with van der Waals surface area (Å²) in [6.07, 6.45) is 3.62. The lowest BCUT2D eigenvalue weighted by Gasteiger charge is -2.42. The Bertz CT molecular complexity index is 3330. The monoisotopic (exact) mass is 868 g/mol. The van der Waals surface area contributed by atoms with E-state index in [1.807, 2.05) is 91.3 Å². The van der Waals surface area contributed by atoms with Crippen molar-refractivity contribution in [2.24, 2.45) is 0 Å². The number of benzene rings is 7. The summed E-state index contributed by atoms with van der Waals surface area (Å²) in [4.78, 5) is 30.0. The molecular formula is C62H40N6. The van der Waals surface area contributed by atoms with Crippen LogP contribution in [0.5, 0.6) is 0 Å². The van der Waals surface area contributed by atoms with Gasteiger partial charge in [-0.2, -0.15) is 0 Å². The van der Waals surface area contributed by atoms with Gasteiger partial charge in [0.15, 0.2) is 11.6 Å². The SMILES string of the molecule is c1ccc(-c2cc(-c3ccccn3)nc(-c3ccccc3-c3ccc4c(c3)C3c5ccccc5C4c4cc(-c5ccccc5-c5cc(-c6ccccn6)nc(-c6ccccc6)n5)ccc43)n2)cc1. The quantitative estimate of drug-likeness (QED) is 0.151. The highest BCUT2D eigenvalue weighted by molar-refractivity contribution is 5.87. The van der Waals surface area contributed by atoms with Crippen LogP contribution in [0, 0.1) is 0 Å². The molecule has 11 aromatic rings. The number of hydrogen-bond donors (Lipinski definition) is 0. The van der Waals surface area contributed by atoms with Crippen LogP contribution in [0.4, 0.5) is 0 Å². The summed E-state index contributed by atoms with van der Waals surface area (Å²) in [6.45, 7) is 0. The highest BCUT2D eigenvalue weighted by atomic mass is 14.9. The lowest BCUT2D eigenvalue weighted by Crippen LogP contribution is -2.27. The Balaban J connectivity index is 0.918. The third kappa shape index (κ3) is 6.81. The average molecular weight is 869 g/mol. The van der Waals surface area contributed by atoms with Crippen LogP contribution < -0.4 is 0 Å². The maximum absolute atomic E-state index is 5.22. The molecule has 0 aliphatic heterocycles. The Hall–Kier alpha value is -9.00. The van der Waals surface area contributed by atoms with E-state index in [1.54, 1.807) is 0 Å². The van der Waals surface area contributed by atoms with Crippen molar-refractivity contribution in [2.75, 3.05) is 0 Å². The van der Waals surface area contributed by atoms with Crippen LogP contribution in [0.25, 0.3) is 90.3 Å². The number of pyridine rings is 2. The number of aromatic nitrogens is 6. The molecule has 318 valence electrons. The second-order valence-corrected chi connectivity index (χ2v) is 17.4. The maximum Gasteiger partial charge on any atom is 0.161 e. The van der Waals surface area contributed by atoms with Gasteiger partial charge in [-0.3, -0.25) is 9.97 Å². The van der Waals surface area contributed by atoms with Crippen molar-refractivity contribution in [2.45, 2.75) is 11.8 Å². The molecule has 7 aromatic carbocycles. The van der Waals surface area contributed by atoms with Crippen molar-refractivity contribution < 1.29 is 0 Å². The predicted octanol–water partition coefficient (Wildman–Crippen LogP) is 14.4. The Labute approximate surface area is 394 Å². The van der Waals surface area contributed by atoms with Gasteiger partial charge in [0.1, 0.15) is 0 Å². The molecule has 0 saturated heterocycles. The van der Waals surface area contributed by atoms with Crippen LogP contribution in [0.3, 0.4) is 0 Å². The highest BCUT2D eigenvalue weighted by Gasteiger charge is 2.41. The summed E-state index contributed by atoms with van der Waals surface area (Å²) in [5.74, 6) is 1.47. The third-order valence-electron chi connectivity index (χ3n) is 13.4. The molecule has 6 heteroatoms. The van der Waals surface area contributed by atoms with Crippen LogP contribution in [0.15, 0.2) is 231 Å². The molecule has 0 saturated carbocycles. The van der Waals surface area contributed by atoms with E-state index < -0.39 is 0 Å². The van der Waals surface area contributed by atoms with E-state index in [1.165, 1.54) is 33.4 Å². The molecule has 2 bridgehead atoms. The van der Waals surface area contributed by atoms with Crippen LogP contribution in [-0.4, -0.2) is 29.9 Å². The Morgan fingerprint density at radius 3 is 1.24 bits per heavy atom. The topological polar surface area (TPSA) is 77.3 Å². The van der Waals surface area contributed by atoms with E-state index in [0.717, 1.165) is 78.7 Å². The van der Waals surface area contributed by atoms with E-state index >= 15 is 0 Å². The first-order valence-corrected chi connectivity index (χ1v) is 23.0. The smallest absolute Gasteiger partial charge is 0.161 e. The summed E-state index contributed by atoms with van der Waals surface area (Å²) in [7, 11) is 0. The van der Waals surface area contributed by atoms with Gasteiger partial charge >= 0.3 is 0 Å². The average Bonchev–Trinajstić information content (AvgIpc) is 3.43. The van der Waals surface area contributed by atoms with Gasteiger partial charge in [0.25, 0.3) is 0 Å². The van der Waals surface area contributed by atoms with E-state index in [9.17, 15) is 0 Å². The predicted molar refractivity (Wildman–Crippen MR) is 271 cm³/mol. The molecule has 4 aromatic heterocycles. The Morgan fingerprint density at radius 2 is 0.662 bits per heavy atom. The van der Waals surface area contributed by atoms with E-state index in [2.05, 4.69) is 149 Å². The zero-order valence-corrected chi connectivity index (χ0v) is 36.8. The molecule has 0 radical (unpaired) electrons. The van der Waals surface area contributed by atoms with Crippen molar-refractivity contribution in [1.29, 1.82) is 0 Å². The highest BCUT2D eigenvalue weighted by Crippen LogP contribution is 2.57. The molecule has 14 rings (SSSR count). The van der Waals surface area contributed by atoms with Crippen LogP contribution in [0.1, 0.15) is 45.2 Å². The van der Waals surface area contributed by atoms with Gasteiger partial charge in [0, 0.05) is 46.5 Å². The molecule has 0 spiro atoms. The van der Waals surface area contributed by atoms with Crippen molar-refractivity contribution >= 4 is 0 Å². The molecule has 68 heavy (non-hydrogen) atoms. The second-order valence-electron chi connectivity index (χ2n) is 17.4. The van der Waals surface area contributed by atoms with Crippen molar-refractivity contribution in [3.8, 4) is 90.3 Å². The lowest BCUT2D eigenvalue weighted by molar-refractivity contribution is 0.755. The minimum Gasteiger partial charge on any atom is -0.255 e. The summed E-state index contributed by atoms with van der Waals surface area (Å²) in [5.41, 5.74) is 21.5. The second kappa shape index (κ2) is 16.5. The Morgan fingerprint density at radius 1 is 0.235 bits per heavy atom. The molecule has 2 atom stereocenters. The molecule has 6 nitrogen and oxygen atoms in total. The van der Waals surface area contributed by atoms with E-state index in [-0.39, 0.29) is 11.8 Å². The summed E-state index contributed by atoms with van der Waals surface area (Å²) in [6, 6.07) is 76.8. The third-order valence-corrected chi connectivity index (χ3v) is 13.4. The largest absolute Gasteiger partial charge is 0.255 e. The molecule has 2 unspecified atom stereocenters. The molecule has 3 aliphatic rings. The van der Waals surface area contributed by atoms with Gasteiger partial charge in [-0.05, 0) is 104 Å². The summed E-state index contributed by atoms with van der Waals surface area (Å²) in [5, 5.41) is 0. The zero-order chi connectivity index (χ0) is 45.0. The van der Waals surface area contributed by atoms with Gasteiger partial charge in [-0.1, -0.05) is 170 Å². The van der Waals surface area contributed by atoms with Crippen LogP contribution >= 0.6 is 0 Å². The fraction of sp³-hybridized carbons (Fsp3) is 0.0323. The maximum atomic E-state index is 5.22. The van der Waals surface area contributed by atoms with Crippen molar-refractivity contribution in [3.63, 3.8) is 0 Å². The Kier molecular flexibility index (Phi) is 9.53. The number of nitrogens with zero attached hydrogens (tertiary/aromatic N) is 6. The summed E-state index contributed by atoms with van der Waals surface area (Å²) < 4.78 is 0. The first-order valence-electron chi connectivity index (χ1n) is 23.0. The van der Waals surface area contributed by atoms with Crippen molar-refractivity contribution in [1.82, 2.24) is 29.9 Å². The first kappa shape index (κ1) is 39.4. The van der Waals surface area contributed by atoms with Gasteiger partial charge in [-0.15, -0.1) is 0 Å². The van der Waals surface area contributed by atoms with Gasteiger partial charge < -0.3 is 0 Å². The fourth-order valence-electron chi connectivity index (χ4n) is 10.4. The molecule has 0 amide bonds. The number of rotatable bonds is 8. The van der Waals surface area contributed by atoms with Crippen molar-refractivity contribution in [3.05, 3.63) is 264 Å². The first-order chi connectivity index (χ1) is 33.7. The van der Waals surface area contributed by atoms with Crippen LogP contribution in [0.2, 0.25) is 0 Å². The molecule has 3 aliphatic carbocycles. The molecule has 0 N–H and O–H groups in total. The molecule has 4 heterocycles. The van der Waals surface area contributed by atoms with Crippen LogP contribution in [-0.2, 0) is 0 Å². The lowest BCUT2D eigenvalue weighted by atomic mass is 9.60. The summed E-state index contributed by atoms with van der Waals surface area (Å²) >= 11 is 0. The molecular weight excluding hydrogens is 829 g/mol. The van der Waals surface area contributed by atoms with E-state index in [4.69, 9.17) is 19.9 Å². The normalized spacial score (nSPS) is 14.2. The fourth-order valence-corrected chi connectivity index (χ4v) is 10.4. The van der Waals surface area contributed by atoms with Gasteiger partial charge in [0.2, 0.25) is 0 Å². The minimum atomic E-state index is 0.0715. The van der Waals surface area contributed by atoms with E-state index in [0.29, 0.717) is 11.6 Å². The standard InChI is InChI=1S/C62H40N6/c1-3-17-39(18-4-1)55-37-57(53-27-13-15-33-63-53)68-62(65-55)50-26-12-8-22-44(50)42-30-32-49-52(36-42)60-47-25-11-10-24-46(47)59(49)51-35-41(29-31-48(51)60)43-21-7-9-23-45(43)56-38-58(54-28-14-16-34-64-54)67-61(66-56)40-19-5-2-6-20-40/h1-38,59-60H. The van der Waals surface area contributed by atoms with Gasteiger partial charge in [-0.25, -0.2) is 19.9 Å². The number of hydrogen-bond acceptors (Lipinski definition) is 6. The zero-order valence-electron chi connectivity index (χ0n) is 36.8. The minimum absolute atomic E-state index is 0.0715.